The first-order valence-electron chi connectivity index (χ1n) is 6.04. The minimum atomic E-state index is -0.0998. The number of halogens is 2. The molecule has 0 aromatic heterocycles. The molecule has 4 nitrogen and oxygen atoms in total. The first-order valence-corrected chi connectivity index (χ1v) is 8.44. The second-order valence-electron chi connectivity index (χ2n) is 4.38. The van der Waals surface area contributed by atoms with Crippen LogP contribution in [0.3, 0.4) is 0 Å². The third-order valence-corrected chi connectivity index (χ3v) is 5.67. The summed E-state index contributed by atoms with van der Waals surface area (Å²) in [4.78, 5) is 19.6. The smallest absolute Gasteiger partial charge is 0.264 e. The maximum absolute atomic E-state index is 12.4. The largest absolute Gasteiger partial charge is 0.322 e. The van der Waals surface area contributed by atoms with Crippen molar-refractivity contribution in [3.8, 4) is 0 Å². The minimum Gasteiger partial charge on any atom is -0.322 e. The average Bonchev–Trinajstić information content (AvgIpc) is 2.97. The third kappa shape index (κ3) is 2.42. The van der Waals surface area contributed by atoms with Gasteiger partial charge in [0.05, 0.1) is 17.1 Å². The molecule has 104 valence electrons. The number of thioether (sulfide) groups is 1. The highest BCUT2D eigenvalue weighted by atomic mass is 79.9. The van der Waals surface area contributed by atoms with Gasteiger partial charge in [0.1, 0.15) is 0 Å². The van der Waals surface area contributed by atoms with Gasteiger partial charge in [0, 0.05) is 21.2 Å². The zero-order chi connectivity index (χ0) is 14.3. The molecule has 0 spiro atoms. The van der Waals surface area contributed by atoms with E-state index in [1.54, 1.807) is 0 Å². The van der Waals surface area contributed by atoms with E-state index in [2.05, 4.69) is 47.1 Å². The maximum Gasteiger partial charge on any atom is 0.264 e. The Hall–Kier alpha value is -0.790. The van der Waals surface area contributed by atoms with Crippen molar-refractivity contribution in [2.75, 3.05) is 18.4 Å². The summed E-state index contributed by atoms with van der Waals surface area (Å²) in [7, 11) is 0. The van der Waals surface area contributed by atoms with Crippen molar-refractivity contribution in [2.24, 2.45) is 4.99 Å². The molecule has 2 aliphatic rings. The lowest BCUT2D eigenvalue weighted by molar-refractivity contribution is -0.112. The fourth-order valence-electron chi connectivity index (χ4n) is 2.11. The molecule has 20 heavy (non-hydrogen) atoms. The molecule has 0 saturated heterocycles. The molecule has 0 fully saturated rings. The highest BCUT2D eigenvalue weighted by Crippen LogP contribution is 2.38. The summed E-state index contributed by atoms with van der Waals surface area (Å²) in [5.74, 6) is -0.0998. The van der Waals surface area contributed by atoms with Crippen molar-refractivity contribution < 1.29 is 4.79 Å². The van der Waals surface area contributed by atoms with Crippen LogP contribution in [0.4, 0.5) is 5.69 Å². The van der Waals surface area contributed by atoms with E-state index in [0.29, 0.717) is 4.91 Å². The van der Waals surface area contributed by atoms with Crippen LogP contribution in [-0.2, 0) is 4.79 Å². The number of amides is 1. The zero-order valence-corrected chi connectivity index (χ0v) is 14.6. The molecule has 0 bridgehead atoms. The molecule has 3 rings (SSSR count). The molecule has 1 amide bonds. The summed E-state index contributed by atoms with van der Waals surface area (Å²) < 4.78 is 1.69. The molecule has 0 aliphatic carbocycles. The van der Waals surface area contributed by atoms with Crippen LogP contribution in [0.25, 0.3) is 0 Å². The summed E-state index contributed by atoms with van der Waals surface area (Å²) in [6.45, 7) is 3.64. The Morgan fingerprint density at radius 1 is 1.40 bits per heavy atom. The number of carbonyl (C=O) groups excluding carboxylic acids is 1. The van der Waals surface area contributed by atoms with Gasteiger partial charge in [0.25, 0.3) is 5.91 Å². The van der Waals surface area contributed by atoms with Gasteiger partial charge < -0.3 is 10.2 Å². The molecular weight excluding hydrogens is 406 g/mol. The first kappa shape index (κ1) is 14.2. The summed E-state index contributed by atoms with van der Waals surface area (Å²) in [6, 6.07) is 5.70. The van der Waals surface area contributed by atoms with Crippen molar-refractivity contribution in [1.82, 2.24) is 4.90 Å². The Balaban J connectivity index is 1.84. The number of hydrogen-bond acceptors (Lipinski definition) is 4. The molecule has 0 atom stereocenters. The number of anilines is 1. The summed E-state index contributed by atoms with van der Waals surface area (Å²) in [5, 5.41) is 3.88. The van der Waals surface area contributed by atoms with E-state index >= 15 is 0 Å². The van der Waals surface area contributed by atoms with Crippen molar-refractivity contribution in [3.05, 3.63) is 37.7 Å². The Morgan fingerprint density at radius 3 is 2.75 bits per heavy atom. The fourth-order valence-corrected chi connectivity index (χ4v) is 4.39. The number of nitrogens with zero attached hydrogens (tertiary/aromatic N) is 2. The lowest BCUT2D eigenvalue weighted by Gasteiger charge is -2.12. The fraction of sp³-hybridized carbons (Fsp3) is 0.231. The van der Waals surface area contributed by atoms with Crippen LogP contribution in [0.2, 0.25) is 0 Å². The standard InChI is InChI=1S/C13H11Br2N3OS/c1-7-11(20-13-16-5-6-18(7)13)12(19)17-10-8(14)3-2-4-9(10)15/h2-4H,5-6H2,1H3,(H,17,19). The van der Waals surface area contributed by atoms with Gasteiger partial charge in [-0.3, -0.25) is 9.79 Å². The predicted molar refractivity (Wildman–Crippen MR) is 89.8 cm³/mol. The van der Waals surface area contributed by atoms with Crippen molar-refractivity contribution >= 4 is 60.4 Å². The number of aliphatic imine (C=N–C) groups is 1. The van der Waals surface area contributed by atoms with Crippen LogP contribution in [0, 0.1) is 0 Å². The van der Waals surface area contributed by atoms with Crippen LogP contribution in [0.1, 0.15) is 6.92 Å². The van der Waals surface area contributed by atoms with Gasteiger partial charge in [-0.15, -0.1) is 0 Å². The SMILES string of the molecule is CC1=C(C(=O)Nc2c(Br)cccc2Br)SC2=NCCN21. The summed E-state index contributed by atoms with van der Waals surface area (Å²) >= 11 is 8.33. The van der Waals surface area contributed by atoms with Gasteiger partial charge in [0.2, 0.25) is 0 Å². The molecule has 7 heteroatoms. The van der Waals surface area contributed by atoms with Crippen molar-refractivity contribution in [3.63, 3.8) is 0 Å². The number of fused-ring (bicyclic) bond motifs is 1. The molecule has 1 aromatic carbocycles. The van der Waals surface area contributed by atoms with E-state index in [9.17, 15) is 4.79 Å². The first-order chi connectivity index (χ1) is 9.58. The number of carbonyl (C=O) groups is 1. The number of hydrogen-bond donors (Lipinski definition) is 1. The van der Waals surface area contributed by atoms with E-state index in [0.717, 1.165) is 38.6 Å². The van der Waals surface area contributed by atoms with E-state index in [1.165, 1.54) is 11.8 Å². The van der Waals surface area contributed by atoms with Gasteiger partial charge in [-0.25, -0.2) is 0 Å². The lowest BCUT2D eigenvalue weighted by Crippen LogP contribution is -2.20. The number of benzene rings is 1. The van der Waals surface area contributed by atoms with Gasteiger partial charge in [-0.05, 0) is 62.7 Å². The molecule has 2 aliphatic heterocycles. The van der Waals surface area contributed by atoms with Crippen molar-refractivity contribution in [1.29, 1.82) is 0 Å². The zero-order valence-electron chi connectivity index (χ0n) is 10.6. The highest BCUT2D eigenvalue weighted by molar-refractivity contribution is 9.11. The van der Waals surface area contributed by atoms with Crippen LogP contribution in [0.15, 0.2) is 42.7 Å². The normalized spacial score (nSPS) is 17.4. The van der Waals surface area contributed by atoms with Crippen molar-refractivity contribution in [2.45, 2.75) is 6.92 Å². The van der Waals surface area contributed by atoms with Crippen LogP contribution in [0.5, 0.6) is 0 Å². The monoisotopic (exact) mass is 415 g/mol. The lowest BCUT2D eigenvalue weighted by atomic mass is 10.3. The highest BCUT2D eigenvalue weighted by Gasteiger charge is 2.33. The maximum atomic E-state index is 12.4. The Kier molecular flexibility index (Phi) is 3.92. The number of nitrogens with one attached hydrogen (secondary N) is 1. The molecule has 0 saturated carbocycles. The van der Waals surface area contributed by atoms with Crippen LogP contribution < -0.4 is 5.32 Å². The molecule has 0 radical (unpaired) electrons. The molecule has 0 unspecified atom stereocenters. The quantitative estimate of drug-likeness (QED) is 0.797. The molecular formula is C13H11Br2N3OS. The van der Waals surface area contributed by atoms with E-state index in [4.69, 9.17) is 0 Å². The average molecular weight is 417 g/mol. The second kappa shape index (κ2) is 5.54. The molecule has 1 aromatic rings. The Bertz CT molecular complexity index is 637. The van der Waals surface area contributed by atoms with Gasteiger partial charge in [0.15, 0.2) is 5.17 Å². The molecule has 1 N–H and O–H groups in total. The number of allylic oxidation sites excluding steroid dienone is 1. The number of amidine groups is 1. The Labute approximate surface area is 138 Å². The topological polar surface area (TPSA) is 44.7 Å². The predicted octanol–water partition coefficient (Wildman–Crippen LogP) is 3.80. The number of rotatable bonds is 2. The van der Waals surface area contributed by atoms with E-state index in [1.807, 2.05) is 25.1 Å². The van der Waals surface area contributed by atoms with Gasteiger partial charge in [-0.1, -0.05) is 6.07 Å². The summed E-state index contributed by atoms with van der Waals surface area (Å²) in [6.07, 6.45) is 0. The van der Waals surface area contributed by atoms with Gasteiger partial charge in [-0.2, -0.15) is 0 Å². The van der Waals surface area contributed by atoms with E-state index < -0.39 is 0 Å². The van der Waals surface area contributed by atoms with Gasteiger partial charge >= 0.3 is 0 Å². The number of para-hydroxylation sites is 1. The van der Waals surface area contributed by atoms with E-state index in [-0.39, 0.29) is 5.91 Å². The molecule has 2 heterocycles. The van der Waals surface area contributed by atoms with Crippen LogP contribution in [-0.4, -0.2) is 29.1 Å². The third-order valence-electron chi connectivity index (χ3n) is 3.14. The minimum absolute atomic E-state index is 0.0998. The second-order valence-corrected chi connectivity index (χ2v) is 7.07. The summed E-state index contributed by atoms with van der Waals surface area (Å²) in [5.41, 5.74) is 1.72. The van der Waals surface area contributed by atoms with Crippen LogP contribution >= 0.6 is 43.6 Å². The Morgan fingerprint density at radius 2 is 2.10 bits per heavy atom.